The molecule has 0 spiro atoms. The van der Waals surface area contributed by atoms with E-state index in [0.29, 0.717) is 47.3 Å². The van der Waals surface area contributed by atoms with Crippen molar-refractivity contribution < 1.29 is 89.9 Å². The largest absolute Gasteiger partial charge is 0 e. The monoisotopic (exact) mass is 670 g/mol. The fourth-order valence-electron chi connectivity index (χ4n) is 3.56. The molecule has 12 nitrogen and oxygen atoms in total. The molecule has 0 N–H and O–H groups in total. The minimum absolute atomic E-state index is 0. The second kappa shape index (κ2) is 33.6. The average molecular weight is 670 g/mol. The Morgan fingerprint density at radius 2 is 0.690 bits per heavy atom. The molecule has 42 heavy (non-hydrogen) atoms. The van der Waals surface area contributed by atoms with Crippen LogP contribution in [0.4, 0.5) is 0 Å². The Labute approximate surface area is 265 Å². The molecule has 2 aromatic rings. The van der Waals surface area contributed by atoms with Gasteiger partial charge in [-0.25, -0.2) is 0 Å². The molecule has 226 valence electrons. The molecule has 14 heteroatoms. The molecule has 0 saturated carbocycles. The van der Waals surface area contributed by atoms with Crippen LogP contribution in [0.2, 0.25) is 0 Å². The topological polar surface area (TPSA) is 175 Å². The molecule has 0 fully saturated rings. The molecular formula is C28H24Co2O12. The van der Waals surface area contributed by atoms with Crippen molar-refractivity contribution in [2.75, 3.05) is 42.7 Å². The van der Waals surface area contributed by atoms with Gasteiger partial charge in [-0.2, -0.15) is 0 Å². The van der Waals surface area contributed by atoms with Gasteiger partial charge in [0.1, 0.15) is 0 Å². The smallest absolute Gasteiger partial charge is 0 e. The van der Waals surface area contributed by atoms with Crippen molar-refractivity contribution in [2.45, 2.75) is 12.8 Å². The minimum atomic E-state index is 0. The Balaban J connectivity index is -0.000000206. The van der Waals surface area contributed by atoms with Crippen LogP contribution < -0.4 is 28.4 Å². The van der Waals surface area contributed by atoms with Crippen LogP contribution in [0.5, 0.6) is 34.5 Å². The third-order valence-corrected chi connectivity index (χ3v) is 4.76. The summed E-state index contributed by atoms with van der Waals surface area (Å²) in [6, 6.07) is 3.85. The molecule has 0 saturated heterocycles. The summed E-state index contributed by atoms with van der Waals surface area (Å²) in [6.45, 7) is 27.0. The molecule has 0 atom stereocenters. The van der Waals surface area contributed by atoms with E-state index in [2.05, 4.69) is 52.1 Å². The van der Waals surface area contributed by atoms with Gasteiger partial charge in [-0.1, -0.05) is 0 Å². The summed E-state index contributed by atoms with van der Waals surface area (Å²) in [5.74, 6) is 3.32. The van der Waals surface area contributed by atoms with E-state index in [1.807, 2.05) is 12.1 Å². The van der Waals surface area contributed by atoms with Gasteiger partial charge in [-0.15, -0.1) is 0 Å². The fourth-order valence-corrected chi connectivity index (χ4v) is 3.56. The molecule has 0 unspecified atom stereocenters. The van der Waals surface area contributed by atoms with Crippen molar-refractivity contribution in [3.05, 3.63) is 75.3 Å². The maximum absolute atomic E-state index is 7.50. The van der Waals surface area contributed by atoms with E-state index in [4.69, 9.17) is 56.3 Å². The summed E-state index contributed by atoms with van der Waals surface area (Å²) in [5.41, 5.74) is 3.60. The second-order valence-corrected chi connectivity index (χ2v) is 6.07. The van der Waals surface area contributed by atoms with Gasteiger partial charge in [0.25, 0.3) is 0 Å². The average Bonchev–Trinajstić information content (AvgIpc) is 3.06. The molecule has 0 bridgehead atoms. The van der Waals surface area contributed by atoms with E-state index in [0.717, 1.165) is 22.3 Å². The van der Waals surface area contributed by atoms with E-state index in [1.54, 1.807) is 42.7 Å². The zero-order chi connectivity index (χ0) is 32.3. The Bertz CT molecular complexity index is 1060. The maximum atomic E-state index is 7.50. The molecule has 2 aromatic carbocycles. The van der Waals surface area contributed by atoms with Crippen molar-refractivity contribution >= 4 is 0 Å². The normalized spacial score (nSPS) is 8.43. The zero-order valence-corrected chi connectivity index (χ0v) is 25.2. The molecule has 1 aliphatic rings. The van der Waals surface area contributed by atoms with Gasteiger partial charge in [-0.05, 0) is 48.3 Å². The quantitative estimate of drug-likeness (QED) is 0.336. The van der Waals surface area contributed by atoms with E-state index in [9.17, 15) is 0 Å². The van der Waals surface area contributed by atoms with Gasteiger partial charge in [0.15, 0.2) is 23.0 Å². The maximum Gasteiger partial charge on any atom is 0 e. The van der Waals surface area contributed by atoms with Gasteiger partial charge in [0, 0.05) is 44.7 Å². The van der Waals surface area contributed by atoms with Crippen molar-refractivity contribution in [3.8, 4) is 45.6 Å². The summed E-state index contributed by atoms with van der Waals surface area (Å²) in [5, 5.41) is 0. The number of ether oxygens (including phenoxy) is 6. The van der Waals surface area contributed by atoms with Crippen LogP contribution in [-0.4, -0.2) is 42.7 Å². The zero-order valence-electron chi connectivity index (χ0n) is 23.1. The molecule has 3 rings (SSSR count). The van der Waals surface area contributed by atoms with Crippen molar-refractivity contribution in [1.29, 1.82) is 0 Å². The molecule has 4 radical (unpaired) electrons. The summed E-state index contributed by atoms with van der Waals surface area (Å²) < 4.78 is 78.8. The van der Waals surface area contributed by atoms with Gasteiger partial charge in [0.05, 0.1) is 42.7 Å². The van der Waals surface area contributed by atoms with Crippen molar-refractivity contribution in [2.24, 2.45) is 0 Å². The predicted octanol–water partition coefficient (Wildman–Crippen LogP) is 3.44. The number of fused-ring (bicyclic) bond motifs is 3. The number of methoxy groups -OCH3 is 6. The van der Waals surface area contributed by atoms with Crippen LogP contribution >= 0.6 is 0 Å². The molecule has 0 heterocycles. The first kappa shape index (κ1) is 51.2. The first-order valence-corrected chi connectivity index (χ1v) is 9.97. The van der Waals surface area contributed by atoms with Crippen LogP contribution in [0.25, 0.3) is 11.1 Å². The van der Waals surface area contributed by atoms with Crippen molar-refractivity contribution in [1.82, 2.24) is 0 Å². The number of hydrogen-bond acceptors (Lipinski definition) is 6. The summed E-state index contributed by atoms with van der Waals surface area (Å²) in [6.07, 6.45) is 7.52. The molecule has 1 aliphatic carbocycles. The summed E-state index contributed by atoms with van der Waals surface area (Å²) in [7, 11) is 9.58. The third kappa shape index (κ3) is 12.9. The van der Waals surface area contributed by atoms with Gasteiger partial charge in [0.2, 0.25) is 11.5 Å². The van der Waals surface area contributed by atoms with E-state index in [1.165, 1.54) is 0 Å². The molecule has 0 amide bonds. The van der Waals surface area contributed by atoms with Crippen LogP contribution in [0.1, 0.15) is 11.1 Å². The van der Waals surface area contributed by atoms with E-state index < -0.39 is 0 Å². The Hall–Kier alpha value is -3.57. The Kier molecular flexibility index (Phi) is 41.0. The first-order valence-electron chi connectivity index (χ1n) is 9.97. The van der Waals surface area contributed by atoms with Crippen LogP contribution in [0, 0.1) is 52.1 Å². The van der Waals surface area contributed by atoms with E-state index >= 15 is 0 Å². The number of hydrogen-bond donors (Lipinski definition) is 0. The second-order valence-electron chi connectivity index (χ2n) is 6.07. The van der Waals surface area contributed by atoms with Gasteiger partial charge in [-0.3, -0.25) is 0 Å². The Morgan fingerprint density at radius 3 is 0.881 bits per heavy atom. The molecule has 0 aliphatic heterocycles. The predicted molar refractivity (Wildman–Crippen MR) is 129 cm³/mol. The molecule has 0 aromatic heterocycles. The molecular weight excluding hydrogens is 646 g/mol. The first-order chi connectivity index (χ1) is 19.6. The van der Waals surface area contributed by atoms with Crippen LogP contribution in [-0.2, 0) is 74.3 Å². The Morgan fingerprint density at radius 1 is 0.452 bits per heavy atom. The van der Waals surface area contributed by atoms with E-state index in [-0.39, 0.29) is 33.6 Å². The summed E-state index contributed by atoms with van der Waals surface area (Å²) >= 11 is 0. The van der Waals surface area contributed by atoms with Gasteiger partial charge < -0.3 is 28.4 Å². The van der Waals surface area contributed by atoms with Crippen LogP contribution in [0.15, 0.2) is 12.1 Å². The SMILES string of the molecule is COc1cc2c(c(OC)c1OC)-c1c(cc(OC)c(OC)c1OC)C[C]=[C]C2.[C-]#[O+].[C-]#[O+].[C-]#[O+].[C-]#[O+].[C-]#[O+].[C-]#[O+].[Co].[Co]. The minimum Gasteiger partial charge on any atom is 0 e. The van der Waals surface area contributed by atoms with Crippen molar-refractivity contribution in [3.63, 3.8) is 0 Å². The number of benzene rings is 2. The summed E-state index contributed by atoms with van der Waals surface area (Å²) in [4.78, 5) is 0. The third-order valence-electron chi connectivity index (χ3n) is 4.76. The standard InChI is InChI=1S/C22H24O6.6CO.2Co/c1-23-15-11-13-9-7-8-10-14-12-16(24-2)20(26-4)22(28-6)18(14)17(13)21(27-5)19(15)25-3;6*1-2;;/h11-12H,9-10H2,1-6H3;;;;;;;;. The fraction of sp³-hybridized carbons (Fsp3) is 0.286. The van der Waals surface area contributed by atoms with Gasteiger partial charge >= 0.3 is 67.8 Å². The van der Waals surface area contributed by atoms with Crippen LogP contribution in [0.3, 0.4) is 0 Å². The number of allylic oxidation sites excluding steroid dienone is 2. The number of rotatable bonds is 6.